The molecule has 1 aliphatic rings. The van der Waals surface area contributed by atoms with Gasteiger partial charge in [-0.1, -0.05) is 35.9 Å². The number of thioether (sulfide) groups is 1. The number of hydrogen-bond acceptors (Lipinski definition) is 3. The molecule has 0 radical (unpaired) electrons. The smallest absolute Gasteiger partial charge is 0.254 e. The van der Waals surface area contributed by atoms with Gasteiger partial charge in [-0.15, -0.1) is 24.2 Å². The van der Waals surface area contributed by atoms with E-state index < -0.39 is 11.7 Å². The Hall–Kier alpha value is -2.12. The van der Waals surface area contributed by atoms with Crippen molar-refractivity contribution in [3.8, 4) is 0 Å². The number of halogens is 4. The largest absolute Gasteiger partial charge is 0.345 e. The summed E-state index contributed by atoms with van der Waals surface area (Å²) >= 11 is 8.10. The van der Waals surface area contributed by atoms with Crippen LogP contribution in [0.25, 0.3) is 0 Å². The van der Waals surface area contributed by atoms with Gasteiger partial charge in [-0.05, 0) is 85.4 Å². The van der Waals surface area contributed by atoms with E-state index in [0.29, 0.717) is 10.8 Å². The molecule has 0 spiro atoms. The van der Waals surface area contributed by atoms with Gasteiger partial charge in [0.25, 0.3) is 5.91 Å². The highest BCUT2D eigenvalue weighted by molar-refractivity contribution is 7.98. The van der Waals surface area contributed by atoms with Crippen molar-refractivity contribution in [1.82, 2.24) is 10.6 Å². The Morgan fingerprint density at radius 2 is 1.82 bits per heavy atom. The fourth-order valence-corrected chi connectivity index (χ4v) is 5.41. The molecule has 1 amide bonds. The zero-order chi connectivity index (χ0) is 23.4. The lowest BCUT2D eigenvalue weighted by molar-refractivity contribution is 0.0936. The van der Waals surface area contributed by atoms with Gasteiger partial charge in [-0.3, -0.25) is 4.79 Å². The lowest BCUT2D eigenvalue weighted by Gasteiger charge is -2.16. The van der Waals surface area contributed by atoms with E-state index in [1.807, 2.05) is 6.07 Å². The van der Waals surface area contributed by atoms with Crippen LogP contribution in [-0.2, 0) is 18.6 Å². The van der Waals surface area contributed by atoms with Crippen molar-refractivity contribution in [3.05, 3.63) is 99.1 Å². The predicted octanol–water partition coefficient (Wildman–Crippen LogP) is 6.51. The van der Waals surface area contributed by atoms with E-state index in [9.17, 15) is 13.6 Å². The van der Waals surface area contributed by atoms with Gasteiger partial charge in [-0.2, -0.15) is 0 Å². The summed E-state index contributed by atoms with van der Waals surface area (Å²) in [6.45, 7) is 3.64. The van der Waals surface area contributed by atoms with Crippen LogP contribution < -0.4 is 10.6 Å². The van der Waals surface area contributed by atoms with Gasteiger partial charge in [-0.25, -0.2) is 8.78 Å². The number of nitrogens with one attached hydrogen (secondary N) is 2. The third kappa shape index (κ3) is 6.30. The zero-order valence-electron chi connectivity index (χ0n) is 18.7. The van der Waals surface area contributed by atoms with E-state index in [4.69, 9.17) is 11.6 Å². The molecule has 180 valence electrons. The van der Waals surface area contributed by atoms with E-state index in [-0.39, 0.29) is 29.8 Å². The average Bonchev–Trinajstić information content (AvgIpc) is 3.04. The minimum Gasteiger partial charge on any atom is -0.345 e. The SMILES string of the molecule is C[C@H](NC(=O)c1ccc(CSc2c(Cl)ccc3c2CCNCC3)cc1F)c1ccc(F)cc1.Cl. The van der Waals surface area contributed by atoms with Gasteiger partial charge >= 0.3 is 0 Å². The Bertz CT molecular complexity index is 1160. The molecule has 8 heteroatoms. The van der Waals surface area contributed by atoms with E-state index in [1.165, 1.54) is 35.4 Å². The minimum absolute atomic E-state index is 0. The van der Waals surface area contributed by atoms with Crippen LogP contribution in [0.3, 0.4) is 0 Å². The molecular formula is C26H26Cl2F2N2OS. The molecular weight excluding hydrogens is 497 g/mol. The van der Waals surface area contributed by atoms with Gasteiger partial charge in [0, 0.05) is 10.6 Å². The first-order chi connectivity index (χ1) is 15.9. The summed E-state index contributed by atoms with van der Waals surface area (Å²) in [6, 6.07) is 14.2. The number of fused-ring (bicyclic) bond motifs is 1. The summed E-state index contributed by atoms with van der Waals surface area (Å²) in [4.78, 5) is 13.6. The Morgan fingerprint density at radius 1 is 1.09 bits per heavy atom. The van der Waals surface area contributed by atoms with Crippen LogP contribution in [0.1, 0.15) is 45.6 Å². The number of amides is 1. The molecule has 3 nitrogen and oxygen atoms in total. The van der Waals surface area contributed by atoms with Crippen LogP contribution in [0.4, 0.5) is 8.78 Å². The van der Waals surface area contributed by atoms with Crippen molar-refractivity contribution in [3.63, 3.8) is 0 Å². The molecule has 1 atom stereocenters. The van der Waals surface area contributed by atoms with Gasteiger partial charge in [0.2, 0.25) is 0 Å². The van der Waals surface area contributed by atoms with Gasteiger partial charge in [0.1, 0.15) is 11.6 Å². The van der Waals surface area contributed by atoms with Gasteiger partial charge in [0.15, 0.2) is 0 Å². The Labute approximate surface area is 214 Å². The average molecular weight is 523 g/mol. The van der Waals surface area contributed by atoms with Crippen LogP contribution in [-0.4, -0.2) is 19.0 Å². The Kier molecular flexibility index (Phi) is 9.37. The molecule has 0 bridgehead atoms. The first kappa shape index (κ1) is 26.5. The summed E-state index contributed by atoms with van der Waals surface area (Å²) < 4.78 is 27.9. The number of rotatable bonds is 6. The molecule has 3 aromatic carbocycles. The molecule has 1 aliphatic heterocycles. The second-order valence-electron chi connectivity index (χ2n) is 8.11. The summed E-state index contributed by atoms with van der Waals surface area (Å²) in [5, 5.41) is 6.89. The van der Waals surface area contributed by atoms with Crippen molar-refractivity contribution in [2.75, 3.05) is 13.1 Å². The van der Waals surface area contributed by atoms with Crippen molar-refractivity contribution >= 4 is 41.7 Å². The lowest BCUT2D eigenvalue weighted by atomic mass is 10.0. The number of benzene rings is 3. The highest BCUT2D eigenvalue weighted by Crippen LogP contribution is 2.36. The monoisotopic (exact) mass is 522 g/mol. The first-order valence-corrected chi connectivity index (χ1v) is 12.3. The predicted molar refractivity (Wildman–Crippen MR) is 137 cm³/mol. The number of hydrogen-bond donors (Lipinski definition) is 2. The maximum Gasteiger partial charge on any atom is 0.254 e. The molecule has 2 N–H and O–H groups in total. The molecule has 4 rings (SSSR count). The molecule has 0 aliphatic carbocycles. The van der Waals surface area contributed by atoms with Gasteiger partial charge < -0.3 is 10.6 Å². The quantitative estimate of drug-likeness (QED) is 0.362. The van der Waals surface area contributed by atoms with Crippen LogP contribution >= 0.6 is 35.8 Å². The third-order valence-corrected chi connectivity index (χ3v) is 7.47. The van der Waals surface area contributed by atoms with Crippen molar-refractivity contribution in [2.24, 2.45) is 0 Å². The second kappa shape index (κ2) is 12.0. The molecule has 34 heavy (non-hydrogen) atoms. The fourth-order valence-electron chi connectivity index (χ4n) is 3.96. The van der Waals surface area contributed by atoms with Crippen LogP contribution in [0, 0.1) is 11.6 Å². The summed E-state index contributed by atoms with van der Waals surface area (Å²) in [6.07, 6.45) is 1.88. The topological polar surface area (TPSA) is 41.1 Å². The van der Waals surface area contributed by atoms with Crippen LogP contribution in [0.15, 0.2) is 59.5 Å². The van der Waals surface area contributed by atoms with Crippen molar-refractivity contribution in [2.45, 2.75) is 36.5 Å². The summed E-state index contributed by atoms with van der Waals surface area (Å²) in [7, 11) is 0. The second-order valence-corrected chi connectivity index (χ2v) is 9.51. The van der Waals surface area contributed by atoms with E-state index in [2.05, 4.69) is 16.7 Å². The highest BCUT2D eigenvalue weighted by Gasteiger charge is 2.18. The molecule has 3 aromatic rings. The Balaban J connectivity index is 0.00000324. The van der Waals surface area contributed by atoms with Crippen LogP contribution in [0.2, 0.25) is 5.02 Å². The number of carbonyl (C=O) groups excluding carboxylic acids is 1. The molecule has 0 saturated heterocycles. The zero-order valence-corrected chi connectivity index (χ0v) is 21.1. The lowest BCUT2D eigenvalue weighted by Crippen LogP contribution is -2.27. The highest BCUT2D eigenvalue weighted by atomic mass is 35.5. The third-order valence-electron chi connectivity index (χ3n) is 5.81. The summed E-state index contributed by atoms with van der Waals surface area (Å²) in [5.74, 6) is -0.873. The maximum absolute atomic E-state index is 14.8. The number of carbonyl (C=O) groups is 1. The molecule has 0 saturated carbocycles. The molecule has 0 fully saturated rings. The van der Waals surface area contributed by atoms with Crippen molar-refractivity contribution < 1.29 is 13.6 Å². The van der Waals surface area contributed by atoms with E-state index in [0.717, 1.165) is 42.0 Å². The molecule has 0 aromatic heterocycles. The molecule has 0 unspecified atom stereocenters. The summed E-state index contributed by atoms with van der Waals surface area (Å²) in [5.41, 5.74) is 4.08. The van der Waals surface area contributed by atoms with Crippen molar-refractivity contribution in [1.29, 1.82) is 0 Å². The minimum atomic E-state index is -0.570. The maximum atomic E-state index is 14.8. The normalized spacial score (nSPS) is 13.9. The van der Waals surface area contributed by atoms with Gasteiger partial charge in [0.05, 0.1) is 16.6 Å². The van der Waals surface area contributed by atoms with Crippen LogP contribution in [0.5, 0.6) is 0 Å². The standard InChI is InChI=1S/C26H25ClF2N2OS.ClH/c1-16(18-3-6-20(28)7-4-18)31-26(32)22-8-2-17(14-24(22)29)15-33-25-21-11-13-30-12-10-19(21)5-9-23(25)27;/h2-9,14,16,30H,10-13,15H2,1H3,(H,31,32);1H/t16-;/m0./s1. The fraction of sp³-hybridized carbons (Fsp3) is 0.269. The van der Waals surface area contributed by atoms with E-state index >= 15 is 0 Å². The molecule has 1 heterocycles. The first-order valence-electron chi connectivity index (χ1n) is 10.9. The van der Waals surface area contributed by atoms with E-state index in [1.54, 1.807) is 36.9 Å². The Morgan fingerprint density at radius 3 is 2.56 bits per heavy atom.